The van der Waals surface area contributed by atoms with Gasteiger partial charge in [0.1, 0.15) is 5.82 Å². The Morgan fingerprint density at radius 1 is 0.861 bits per heavy atom. The van der Waals surface area contributed by atoms with Crippen LogP contribution in [0.1, 0.15) is 38.7 Å². The Morgan fingerprint density at radius 3 is 2.08 bits per heavy atom. The predicted molar refractivity (Wildman–Crippen MR) is 141 cm³/mol. The minimum Gasteiger partial charge on any atom is -0.341 e. The Hall–Kier alpha value is -3.97. The molecule has 5 nitrogen and oxygen atoms in total. The lowest BCUT2D eigenvalue weighted by Gasteiger charge is -2.23. The van der Waals surface area contributed by atoms with Gasteiger partial charge in [-0.2, -0.15) is 0 Å². The van der Waals surface area contributed by atoms with Gasteiger partial charge in [-0.05, 0) is 65.6 Å². The van der Waals surface area contributed by atoms with Crippen molar-refractivity contribution in [3.05, 3.63) is 137 Å². The number of nitrogens with zero attached hydrogens (tertiary/aromatic N) is 1. The van der Waals surface area contributed by atoms with Gasteiger partial charge in [-0.1, -0.05) is 66.7 Å². The Balaban J connectivity index is 1.58. The number of amides is 1. The number of sulfonamides is 1. The molecule has 0 saturated carbocycles. The monoisotopic (exact) mass is 502 g/mol. The third kappa shape index (κ3) is 5.98. The molecule has 0 unspecified atom stereocenters. The van der Waals surface area contributed by atoms with E-state index in [9.17, 15) is 17.6 Å². The Bertz CT molecular complexity index is 1440. The third-order valence-electron chi connectivity index (χ3n) is 5.97. The molecule has 1 amide bonds. The maximum absolute atomic E-state index is 13.3. The van der Waals surface area contributed by atoms with E-state index in [1.807, 2.05) is 61.5 Å². The van der Waals surface area contributed by atoms with Crippen molar-refractivity contribution < 1.29 is 17.6 Å². The molecule has 0 heterocycles. The molecule has 4 rings (SSSR count). The molecule has 36 heavy (non-hydrogen) atoms. The van der Waals surface area contributed by atoms with Crippen LogP contribution in [0.3, 0.4) is 0 Å². The number of aryl methyl sites for hydroxylation is 1. The molecule has 0 aliphatic heterocycles. The maximum atomic E-state index is 13.3. The summed E-state index contributed by atoms with van der Waals surface area (Å²) < 4.78 is 39.5. The summed E-state index contributed by atoms with van der Waals surface area (Å²) in [6.07, 6.45) is 1.11. The van der Waals surface area contributed by atoms with Crippen LogP contribution in [0.2, 0.25) is 0 Å². The first-order chi connectivity index (χ1) is 17.2. The van der Waals surface area contributed by atoms with Crippen LogP contribution >= 0.6 is 0 Å². The molecule has 0 spiro atoms. The lowest BCUT2D eigenvalue weighted by atomic mass is 9.94. The van der Waals surface area contributed by atoms with Crippen LogP contribution in [-0.4, -0.2) is 20.6 Å². The number of rotatable bonds is 8. The Labute approximate surface area is 211 Å². The van der Waals surface area contributed by atoms with Crippen molar-refractivity contribution >= 4 is 21.6 Å². The number of nitrogens with one attached hydrogen (secondary N) is 1. The fourth-order valence-electron chi connectivity index (χ4n) is 4.05. The minimum atomic E-state index is -3.62. The van der Waals surface area contributed by atoms with Crippen molar-refractivity contribution in [1.82, 2.24) is 5.32 Å². The molecule has 1 N–H and O–H groups in total. The summed E-state index contributed by atoms with van der Waals surface area (Å²) >= 11 is 0. The van der Waals surface area contributed by atoms with E-state index in [0.29, 0.717) is 16.8 Å². The zero-order valence-corrected chi connectivity index (χ0v) is 20.9. The molecule has 0 aromatic heterocycles. The molecule has 184 valence electrons. The quantitative estimate of drug-likeness (QED) is 0.340. The van der Waals surface area contributed by atoms with Gasteiger partial charge in [0.25, 0.3) is 5.91 Å². The highest BCUT2D eigenvalue weighted by Crippen LogP contribution is 2.26. The summed E-state index contributed by atoms with van der Waals surface area (Å²) in [5, 5.41) is 3.12. The number of carbonyl (C=O) groups excluding carboxylic acids is 1. The van der Waals surface area contributed by atoms with Crippen LogP contribution < -0.4 is 9.62 Å². The molecular weight excluding hydrogens is 475 g/mol. The SMILES string of the molecule is Cc1ccccc1[C@H](NC(=O)c1ccc(N(Cc2ccc(F)cc2)S(C)(=O)=O)cc1)c1ccccc1. The molecule has 4 aromatic rings. The van der Waals surface area contributed by atoms with Gasteiger partial charge in [-0.3, -0.25) is 9.10 Å². The summed E-state index contributed by atoms with van der Waals surface area (Å²) in [6.45, 7) is 2.06. The van der Waals surface area contributed by atoms with E-state index in [2.05, 4.69) is 5.32 Å². The van der Waals surface area contributed by atoms with Gasteiger partial charge in [0.15, 0.2) is 0 Å². The number of benzene rings is 4. The van der Waals surface area contributed by atoms with Crippen molar-refractivity contribution in [3.8, 4) is 0 Å². The molecule has 7 heteroatoms. The molecule has 4 aromatic carbocycles. The van der Waals surface area contributed by atoms with Crippen molar-refractivity contribution in [2.24, 2.45) is 0 Å². The van der Waals surface area contributed by atoms with Crippen LogP contribution in [0.15, 0.2) is 103 Å². The normalized spacial score (nSPS) is 12.1. The van der Waals surface area contributed by atoms with Crippen molar-refractivity contribution in [1.29, 1.82) is 0 Å². The lowest BCUT2D eigenvalue weighted by molar-refractivity contribution is 0.0943. The standard InChI is InChI=1S/C29H27FN2O3S/c1-21-8-6-7-11-27(21)28(23-9-4-3-5-10-23)31-29(33)24-14-18-26(19-15-24)32(36(2,34)35)20-22-12-16-25(30)17-13-22/h3-19,28H,20H2,1-2H3,(H,31,33)/t28-/m1/s1. The van der Waals surface area contributed by atoms with E-state index in [1.165, 1.54) is 16.4 Å². The highest BCUT2D eigenvalue weighted by atomic mass is 32.2. The average molecular weight is 503 g/mol. The summed E-state index contributed by atoms with van der Waals surface area (Å²) in [4.78, 5) is 13.2. The Morgan fingerprint density at radius 2 is 1.47 bits per heavy atom. The second kappa shape index (κ2) is 10.7. The van der Waals surface area contributed by atoms with Crippen molar-refractivity contribution in [2.75, 3.05) is 10.6 Å². The molecule has 1 atom stereocenters. The second-order valence-corrected chi connectivity index (χ2v) is 10.5. The van der Waals surface area contributed by atoms with Crippen LogP contribution in [0.25, 0.3) is 0 Å². The number of hydrogen-bond acceptors (Lipinski definition) is 3. The fraction of sp³-hybridized carbons (Fsp3) is 0.138. The number of carbonyl (C=O) groups is 1. The van der Waals surface area contributed by atoms with Crippen LogP contribution in [0, 0.1) is 12.7 Å². The molecule has 0 aliphatic carbocycles. The summed E-state index contributed by atoms with van der Waals surface area (Å²) in [6, 6.07) is 29.4. The molecule has 0 fully saturated rings. The highest BCUT2D eigenvalue weighted by molar-refractivity contribution is 7.92. The topological polar surface area (TPSA) is 66.5 Å². The number of hydrogen-bond donors (Lipinski definition) is 1. The zero-order chi connectivity index (χ0) is 25.7. The van der Waals surface area contributed by atoms with Gasteiger partial charge in [-0.15, -0.1) is 0 Å². The summed E-state index contributed by atoms with van der Waals surface area (Å²) in [5.41, 5.74) is 4.48. The fourth-order valence-corrected chi connectivity index (χ4v) is 4.93. The van der Waals surface area contributed by atoms with E-state index >= 15 is 0 Å². The number of halogens is 1. The maximum Gasteiger partial charge on any atom is 0.252 e. The molecule has 0 saturated heterocycles. The van der Waals surface area contributed by atoms with Crippen LogP contribution in [-0.2, 0) is 16.6 Å². The van der Waals surface area contributed by atoms with Gasteiger partial charge in [0, 0.05) is 5.56 Å². The zero-order valence-electron chi connectivity index (χ0n) is 20.1. The first-order valence-corrected chi connectivity index (χ1v) is 13.3. The molecule has 0 aliphatic rings. The molecule has 0 radical (unpaired) electrons. The van der Waals surface area contributed by atoms with Crippen molar-refractivity contribution in [3.63, 3.8) is 0 Å². The highest BCUT2D eigenvalue weighted by Gasteiger charge is 2.21. The summed E-state index contributed by atoms with van der Waals surface area (Å²) in [7, 11) is -3.62. The van der Waals surface area contributed by atoms with Gasteiger partial charge in [0.05, 0.1) is 24.5 Å². The molecule has 0 bridgehead atoms. The predicted octanol–water partition coefficient (Wildman–Crippen LogP) is 5.62. The third-order valence-corrected chi connectivity index (χ3v) is 7.11. The molecular formula is C29H27FN2O3S. The average Bonchev–Trinajstić information content (AvgIpc) is 2.87. The number of anilines is 1. The summed E-state index contributed by atoms with van der Waals surface area (Å²) in [5.74, 6) is -0.664. The van der Waals surface area contributed by atoms with E-state index in [1.54, 1.807) is 36.4 Å². The Kier molecular flexibility index (Phi) is 7.50. The van der Waals surface area contributed by atoms with E-state index in [0.717, 1.165) is 22.9 Å². The van der Waals surface area contributed by atoms with E-state index in [-0.39, 0.29) is 24.3 Å². The first-order valence-electron chi connectivity index (χ1n) is 11.5. The van der Waals surface area contributed by atoms with Gasteiger partial charge >= 0.3 is 0 Å². The van der Waals surface area contributed by atoms with Gasteiger partial charge < -0.3 is 5.32 Å². The largest absolute Gasteiger partial charge is 0.341 e. The van der Waals surface area contributed by atoms with Crippen LogP contribution in [0.5, 0.6) is 0 Å². The van der Waals surface area contributed by atoms with Crippen LogP contribution in [0.4, 0.5) is 10.1 Å². The van der Waals surface area contributed by atoms with E-state index in [4.69, 9.17) is 0 Å². The smallest absolute Gasteiger partial charge is 0.252 e. The van der Waals surface area contributed by atoms with Gasteiger partial charge in [-0.25, -0.2) is 12.8 Å². The lowest BCUT2D eigenvalue weighted by Crippen LogP contribution is -2.30. The first kappa shape index (κ1) is 25.1. The van der Waals surface area contributed by atoms with Crippen molar-refractivity contribution in [2.45, 2.75) is 19.5 Å². The van der Waals surface area contributed by atoms with Gasteiger partial charge in [0.2, 0.25) is 10.0 Å². The minimum absolute atomic E-state index is 0.0496. The second-order valence-electron chi connectivity index (χ2n) is 8.62. The van der Waals surface area contributed by atoms with E-state index < -0.39 is 10.0 Å².